The Balaban J connectivity index is 1.70. The molecule has 0 unspecified atom stereocenters. The lowest BCUT2D eigenvalue weighted by atomic mass is 10.2. The molecule has 0 N–H and O–H groups in total. The molecule has 0 aliphatic carbocycles. The summed E-state index contributed by atoms with van der Waals surface area (Å²) in [5, 5.41) is 9.21. The van der Waals surface area contributed by atoms with Crippen molar-refractivity contribution in [3.63, 3.8) is 0 Å². The van der Waals surface area contributed by atoms with Crippen LogP contribution in [0.25, 0.3) is 5.69 Å². The van der Waals surface area contributed by atoms with Crippen LogP contribution < -0.4 is 0 Å². The third kappa shape index (κ3) is 4.04. The molecule has 1 aromatic carbocycles. The monoisotopic (exact) mass is 360 g/mol. The van der Waals surface area contributed by atoms with Crippen molar-refractivity contribution in [1.29, 1.82) is 0 Å². The summed E-state index contributed by atoms with van der Waals surface area (Å²) in [6, 6.07) is 8.12. The van der Waals surface area contributed by atoms with E-state index in [1.807, 2.05) is 34.6 Å². The van der Waals surface area contributed by atoms with Gasteiger partial charge in [0.25, 0.3) is 0 Å². The molecule has 2 heterocycles. The Bertz CT molecular complexity index is 746. The van der Waals surface area contributed by atoms with E-state index in [0.717, 1.165) is 28.7 Å². The number of nitrogens with zero attached hydrogens (tertiary/aromatic N) is 4. The smallest absolute Gasteiger partial charge is 0.233 e. The lowest BCUT2D eigenvalue weighted by Gasteiger charge is -2.32. The molecule has 0 saturated carbocycles. The highest BCUT2D eigenvalue weighted by molar-refractivity contribution is 7.99. The van der Waals surface area contributed by atoms with E-state index >= 15 is 0 Å². The molecular formula is C18H24N4O2S. The number of para-hydroxylation sites is 1. The largest absolute Gasteiger partial charge is 0.375 e. The third-order valence-electron chi connectivity index (χ3n) is 4.42. The predicted molar refractivity (Wildman–Crippen MR) is 98.2 cm³/mol. The number of morpholine rings is 1. The molecule has 25 heavy (non-hydrogen) atoms. The number of aromatic nitrogens is 3. The number of thioether (sulfide) groups is 1. The zero-order valence-electron chi connectivity index (χ0n) is 14.9. The van der Waals surface area contributed by atoms with E-state index in [-0.39, 0.29) is 12.0 Å². The fraction of sp³-hybridized carbons (Fsp3) is 0.500. The van der Waals surface area contributed by atoms with Crippen molar-refractivity contribution in [3.05, 3.63) is 35.7 Å². The maximum Gasteiger partial charge on any atom is 0.233 e. The summed E-state index contributed by atoms with van der Waals surface area (Å²) < 4.78 is 7.65. The van der Waals surface area contributed by atoms with Crippen LogP contribution >= 0.6 is 11.8 Å². The van der Waals surface area contributed by atoms with E-state index < -0.39 is 0 Å². The molecule has 1 aliphatic rings. The predicted octanol–water partition coefficient (Wildman–Crippen LogP) is 2.61. The van der Waals surface area contributed by atoms with Crippen molar-refractivity contribution >= 4 is 17.7 Å². The van der Waals surface area contributed by atoms with Gasteiger partial charge >= 0.3 is 0 Å². The number of amides is 1. The van der Waals surface area contributed by atoms with E-state index in [2.05, 4.69) is 30.1 Å². The molecular weight excluding hydrogens is 336 g/mol. The molecule has 1 saturated heterocycles. The van der Waals surface area contributed by atoms with Crippen LogP contribution in [0.5, 0.6) is 0 Å². The highest BCUT2D eigenvalue weighted by Crippen LogP contribution is 2.24. The zero-order valence-corrected chi connectivity index (χ0v) is 15.8. The Kier molecular flexibility index (Phi) is 5.75. The Morgan fingerprint density at radius 1 is 1.32 bits per heavy atom. The molecule has 7 heteroatoms. The summed E-state index contributed by atoms with van der Waals surface area (Å²) in [5.41, 5.74) is 2.20. The van der Waals surface area contributed by atoms with Gasteiger partial charge in [0.1, 0.15) is 5.82 Å². The van der Waals surface area contributed by atoms with Crippen molar-refractivity contribution in [3.8, 4) is 5.69 Å². The Morgan fingerprint density at radius 2 is 2.12 bits per heavy atom. The molecule has 1 aliphatic heterocycles. The van der Waals surface area contributed by atoms with Crippen molar-refractivity contribution in [1.82, 2.24) is 19.7 Å². The number of rotatable bonds is 5. The Morgan fingerprint density at radius 3 is 2.88 bits per heavy atom. The van der Waals surface area contributed by atoms with Crippen molar-refractivity contribution in [2.24, 2.45) is 0 Å². The molecule has 1 amide bonds. The van der Waals surface area contributed by atoms with E-state index in [0.29, 0.717) is 25.4 Å². The van der Waals surface area contributed by atoms with E-state index in [4.69, 9.17) is 4.74 Å². The van der Waals surface area contributed by atoms with Crippen LogP contribution in [0.3, 0.4) is 0 Å². The molecule has 0 spiro atoms. The average Bonchev–Trinajstić information content (AvgIpc) is 3.00. The van der Waals surface area contributed by atoms with E-state index in [9.17, 15) is 4.79 Å². The van der Waals surface area contributed by atoms with Crippen molar-refractivity contribution in [2.75, 3.05) is 25.4 Å². The Labute approximate surface area is 152 Å². The number of hydrogen-bond acceptors (Lipinski definition) is 5. The summed E-state index contributed by atoms with van der Waals surface area (Å²) in [4.78, 5) is 14.4. The fourth-order valence-corrected chi connectivity index (χ4v) is 3.83. The summed E-state index contributed by atoms with van der Waals surface area (Å²) in [6.07, 6.45) is 1.08. The van der Waals surface area contributed by atoms with Gasteiger partial charge in [-0.15, -0.1) is 10.2 Å². The maximum atomic E-state index is 12.5. The summed E-state index contributed by atoms with van der Waals surface area (Å²) >= 11 is 1.44. The van der Waals surface area contributed by atoms with Gasteiger partial charge in [-0.1, -0.05) is 36.9 Å². The standard InChI is InChI=1S/C18H24N4O2S/c1-4-15-11-21(9-10-24-15)17(23)12-25-18-20-19-14(3)22(18)16-8-6-5-7-13(16)2/h5-8,15H,4,9-12H2,1-3H3/t15-/m0/s1. The number of carbonyl (C=O) groups excluding carboxylic acids is 1. The SMILES string of the molecule is CC[C@H]1CN(C(=O)CSc2nnc(C)n2-c2ccccc2C)CCO1. The first-order valence-electron chi connectivity index (χ1n) is 8.60. The van der Waals surface area contributed by atoms with Gasteiger partial charge in [0.05, 0.1) is 24.2 Å². The van der Waals surface area contributed by atoms with Crippen LogP contribution in [-0.2, 0) is 9.53 Å². The molecule has 1 fully saturated rings. The normalized spacial score (nSPS) is 17.7. The first-order valence-corrected chi connectivity index (χ1v) is 9.59. The van der Waals surface area contributed by atoms with Gasteiger partial charge in [-0.25, -0.2) is 0 Å². The number of aryl methyl sites for hydroxylation is 2. The molecule has 1 atom stereocenters. The minimum atomic E-state index is 0.128. The average molecular weight is 360 g/mol. The highest BCUT2D eigenvalue weighted by atomic mass is 32.2. The minimum absolute atomic E-state index is 0.128. The second-order valence-corrected chi connectivity index (χ2v) is 7.12. The van der Waals surface area contributed by atoms with Gasteiger partial charge < -0.3 is 9.64 Å². The molecule has 6 nitrogen and oxygen atoms in total. The van der Waals surface area contributed by atoms with Gasteiger partial charge in [0.15, 0.2) is 5.16 Å². The summed E-state index contributed by atoms with van der Waals surface area (Å²) in [7, 11) is 0. The first kappa shape index (κ1) is 17.9. The van der Waals surface area contributed by atoms with Gasteiger partial charge in [-0.05, 0) is 31.9 Å². The first-order chi connectivity index (χ1) is 12.1. The van der Waals surface area contributed by atoms with Gasteiger partial charge in [0, 0.05) is 13.1 Å². The number of ether oxygens (including phenoxy) is 1. The van der Waals surface area contributed by atoms with Crippen LogP contribution in [0.1, 0.15) is 24.7 Å². The van der Waals surface area contributed by atoms with Crippen LogP contribution in [0, 0.1) is 13.8 Å². The van der Waals surface area contributed by atoms with Crippen LogP contribution in [0.4, 0.5) is 0 Å². The summed E-state index contributed by atoms with van der Waals surface area (Å²) in [5.74, 6) is 1.31. The van der Waals surface area contributed by atoms with Crippen LogP contribution in [-0.4, -0.2) is 57.1 Å². The van der Waals surface area contributed by atoms with Crippen molar-refractivity contribution < 1.29 is 9.53 Å². The number of hydrogen-bond donors (Lipinski definition) is 0. The lowest BCUT2D eigenvalue weighted by molar-refractivity contribution is -0.135. The zero-order chi connectivity index (χ0) is 17.8. The lowest BCUT2D eigenvalue weighted by Crippen LogP contribution is -2.46. The maximum absolute atomic E-state index is 12.5. The van der Waals surface area contributed by atoms with Crippen LogP contribution in [0.15, 0.2) is 29.4 Å². The number of benzene rings is 1. The van der Waals surface area contributed by atoms with Gasteiger partial charge in [0.2, 0.25) is 5.91 Å². The second-order valence-electron chi connectivity index (χ2n) is 6.18. The molecule has 134 valence electrons. The molecule has 1 aromatic heterocycles. The molecule has 3 rings (SSSR count). The van der Waals surface area contributed by atoms with E-state index in [1.165, 1.54) is 11.8 Å². The number of carbonyl (C=O) groups is 1. The third-order valence-corrected chi connectivity index (χ3v) is 5.34. The summed E-state index contributed by atoms with van der Waals surface area (Å²) in [6.45, 7) is 8.04. The van der Waals surface area contributed by atoms with Gasteiger partial charge in [-0.3, -0.25) is 9.36 Å². The second kappa shape index (κ2) is 8.01. The molecule has 0 bridgehead atoms. The van der Waals surface area contributed by atoms with E-state index in [1.54, 1.807) is 0 Å². The molecule has 0 radical (unpaired) electrons. The Hall–Kier alpha value is -1.86. The quantitative estimate of drug-likeness (QED) is 0.767. The van der Waals surface area contributed by atoms with Crippen molar-refractivity contribution in [2.45, 2.75) is 38.5 Å². The van der Waals surface area contributed by atoms with Gasteiger partial charge in [-0.2, -0.15) is 0 Å². The minimum Gasteiger partial charge on any atom is -0.375 e. The topological polar surface area (TPSA) is 60.2 Å². The van der Waals surface area contributed by atoms with Crippen LogP contribution in [0.2, 0.25) is 0 Å². The fourth-order valence-electron chi connectivity index (χ4n) is 2.94. The highest BCUT2D eigenvalue weighted by Gasteiger charge is 2.24. The molecule has 2 aromatic rings.